The minimum absolute atomic E-state index is 0.603. The van der Waals surface area contributed by atoms with Crippen molar-refractivity contribution < 1.29 is 0 Å². The Kier molecular flexibility index (Phi) is 7.53. The van der Waals surface area contributed by atoms with E-state index in [1.807, 2.05) is 7.05 Å². The summed E-state index contributed by atoms with van der Waals surface area (Å²) in [5.74, 6) is 1.48. The number of benzene rings is 1. The molecule has 0 spiro atoms. The summed E-state index contributed by atoms with van der Waals surface area (Å²) in [5.41, 5.74) is 2.57. The van der Waals surface area contributed by atoms with Gasteiger partial charge < -0.3 is 20.4 Å². The predicted molar refractivity (Wildman–Crippen MR) is 102 cm³/mol. The zero-order valence-corrected chi connectivity index (χ0v) is 15.7. The fourth-order valence-electron chi connectivity index (χ4n) is 3.04. The molecular weight excluding hydrogens is 298 g/mol. The normalized spacial score (nSPS) is 18.4. The standard InChI is InChI=1S/C19H33N5/c1-16-6-5-7-18(12-16)14-22-19(20-3)21-13-17(2)15-24-10-8-23(4)9-11-24/h5-7,12,17H,8-11,13-15H2,1-4H3,(H2,20,21,22). The van der Waals surface area contributed by atoms with Gasteiger partial charge in [-0.3, -0.25) is 4.99 Å². The maximum Gasteiger partial charge on any atom is 0.191 e. The third-order valence-corrected chi connectivity index (χ3v) is 4.55. The lowest BCUT2D eigenvalue weighted by Crippen LogP contribution is -2.47. The fraction of sp³-hybridized carbons (Fsp3) is 0.632. The molecule has 2 rings (SSSR count). The van der Waals surface area contributed by atoms with E-state index in [0.717, 1.165) is 25.6 Å². The molecule has 1 fully saturated rings. The molecule has 0 saturated carbocycles. The van der Waals surface area contributed by atoms with E-state index < -0.39 is 0 Å². The van der Waals surface area contributed by atoms with Crippen molar-refractivity contribution in [2.24, 2.45) is 10.9 Å². The van der Waals surface area contributed by atoms with Crippen molar-refractivity contribution in [2.75, 3.05) is 53.4 Å². The Hall–Kier alpha value is -1.59. The zero-order chi connectivity index (χ0) is 17.4. The molecule has 5 heteroatoms. The molecule has 5 nitrogen and oxygen atoms in total. The van der Waals surface area contributed by atoms with Crippen LogP contribution < -0.4 is 10.6 Å². The molecule has 1 unspecified atom stereocenters. The number of hydrogen-bond donors (Lipinski definition) is 2. The van der Waals surface area contributed by atoms with E-state index in [9.17, 15) is 0 Å². The Morgan fingerprint density at radius 3 is 2.62 bits per heavy atom. The van der Waals surface area contributed by atoms with Crippen LogP contribution in [0.3, 0.4) is 0 Å². The van der Waals surface area contributed by atoms with Gasteiger partial charge in [-0.05, 0) is 25.5 Å². The topological polar surface area (TPSA) is 42.9 Å². The number of guanidine groups is 1. The third-order valence-electron chi connectivity index (χ3n) is 4.55. The van der Waals surface area contributed by atoms with Gasteiger partial charge in [-0.15, -0.1) is 0 Å². The lowest BCUT2D eigenvalue weighted by atomic mass is 10.1. The molecule has 0 aliphatic carbocycles. The molecule has 1 heterocycles. The second-order valence-corrected chi connectivity index (χ2v) is 7.00. The van der Waals surface area contributed by atoms with Gasteiger partial charge in [0.2, 0.25) is 0 Å². The van der Waals surface area contributed by atoms with Crippen molar-refractivity contribution >= 4 is 5.96 Å². The van der Waals surface area contributed by atoms with Crippen molar-refractivity contribution in [2.45, 2.75) is 20.4 Å². The Balaban J connectivity index is 1.69. The number of hydrogen-bond acceptors (Lipinski definition) is 3. The highest BCUT2D eigenvalue weighted by atomic mass is 15.2. The van der Waals surface area contributed by atoms with Gasteiger partial charge in [0.15, 0.2) is 5.96 Å². The Morgan fingerprint density at radius 1 is 1.21 bits per heavy atom. The van der Waals surface area contributed by atoms with Crippen LogP contribution in [-0.2, 0) is 6.54 Å². The lowest BCUT2D eigenvalue weighted by Gasteiger charge is -2.34. The number of likely N-dealkylation sites (N-methyl/N-ethyl adjacent to an activating group) is 1. The molecule has 1 aromatic carbocycles. The second-order valence-electron chi connectivity index (χ2n) is 7.00. The molecule has 0 radical (unpaired) electrons. The number of aryl methyl sites for hydroxylation is 1. The van der Waals surface area contributed by atoms with E-state index in [-0.39, 0.29) is 0 Å². The molecule has 134 valence electrons. The Morgan fingerprint density at radius 2 is 1.96 bits per heavy atom. The van der Waals surface area contributed by atoms with E-state index in [2.05, 4.69) is 70.6 Å². The summed E-state index contributed by atoms with van der Waals surface area (Å²) in [6.07, 6.45) is 0. The van der Waals surface area contributed by atoms with Crippen LogP contribution in [-0.4, -0.2) is 69.1 Å². The van der Waals surface area contributed by atoms with Crippen molar-refractivity contribution in [3.8, 4) is 0 Å². The molecular formula is C19H33N5. The summed E-state index contributed by atoms with van der Waals surface area (Å²) >= 11 is 0. The first-order valence-corrected chi connectivity index (χ1v) is 8.98. The van der Waals surface area contributed by atoms with Crippen LogP contribution in [0.5, 0.6) is 0 Å². The highest BCUT2D eigenvalue weighted by Crippen LogP contribution is 2.05. The van der Waals surface area contributed by atoms with E-state index in [1.54, 1.807) is 0 Å². The van der Waals surface area contributed by atoms with Gasteiger partial charge in [-0.2, -0.15) is 0 Å². The largest absolute Gasteiger partial charge is 0.356 e. The summed E-state index contributed by atoms with van der Waals surface area (Å²) in [5, 5.41) is 6.85. The number of nitrogens with zero attached hydrogens (tertiary/aromatic N) is 3. The SMILES string of the molecule is CN=C(NCc1cccc(C)c1)NCC(C)CN1CCN(C)CC1. The molecule has 0 bridgehead atoms. The Labute approximate surface area is 147 Å². The van der Waals surface area contributed by atoms with E-state index >= 15 is 0 Å². The molecule has 0 amide bonds. The quantitative estimate of drug-likeness (QED) is 0.613. The van der Waals surface area contributed by atoms with Gasteiger partial charge in [0.05, 0.1) is 0 Å². The smallest absolute Gasteiger partial charge is 0.191 e. The fourth-order valence-corrected chi connectivity index (χ4v) is 3.04. The first-order chi connectivity index (χ1) is 11.6. The summed E-state index contributed by atoms with van der Waals surface area (Å²) in [4.78, 5) is 9.29. The predicted octanol–water partition coefficient (Wildman–Crippen LogP) is 1.54. The minimum atomic E-state index is 0.603. The number of aliphatic imine (C=N–C) groups is 1. The maximum atomic E-state index is 4.33. The summed E-state index contributed by atoms with van der Waals surface area (Å²) in [7, 11) is 4.03. The lowest BCUT2D eigenvalue weighted by molar-refractivity contribution is 0.139. The van der Waals surface area contributed by atoms with Gasteiger partial charge in [0.1, 0.15) is 0 Å². The van der Waals surface area contributed by atoms with Gasteiger partial charge >= 0.3 is 0 Å². The van der Waals surface area contributed by atoms with E-state index in [1.165, 1.54) is 37.3 Å². The van der Waals surface area contributed by atoms with Crippen molar-refractivity contribution in [3.05, 3.63) is 35.4 Å². The second kappa shape index (κ2) is 9.64. The van der Waals surface area contributed by atoms with E-state index in [4.69, 9.17) is 0 Å². The first-order valence-electron chi connectivity index (χ1n) is 8.98. The van der Waals surface area contributed by atoms with Gasteiger partial charge in [-0.25, -0.2) is 0 Å². The summed E-state index contributed by atoms with van der Waals surface area (Å²) in [6.45, 7) is 12.0. The minimum Gasteiger partial charge on any atom is -0.356 e. The third kappa shape index (κ3) is 6.49. The van der Waals surface area contributed by atoms with Crippen molar-refractivity contribution in [1.29, 1.82) is 0 Å². The monoisotopic (exact) mass is 331 g/mol. The molecule has 24 heavy (non-hydrogen) atoms. The van der Waals surface area contributed by atoms with Crippen LogP contribution in [0.4, 0.5) is 0 Å². The van der Waals surface area contributed by atoms with Gasteiger partial charge in [0.25, 0.3) is 0 Å². The number of rotatable bonds is 6. The average molecular weight is 332 g/mol. The summed E-state index contributed by atoms with van der Waals surface area (Å²) in [6, 6.07) is 8.57. The molecule has 2 N–H and O–H groups in total. The molecule has 1 aromatic rings. The van der Waals surface area contributed by atoms with Crippen LogP contribution in [0.25, 0.3) is 0 Å². The number of piperazine rings is 1. The number of nitrogens with one attached hydrogen (secondary N) is 2. The van der Waals surface area contributed by atoms with Crippen molar-refractivity contribution in [1.82, 2.24) is 20.4 Å². The van der Waals surface area contributed by atoms with Gasteiger partial charge in [-0.1, -0.05) is 36.8 Å². The molecule has 0 aromatic heterocycles. The highest BCUT2D eigenvalue weighted by Gasteiger charge is 2.16. The average Bonchev–Trinajstić information content (AvgIpc) is 2.57. The summed E-state index contributed by atoms with van der Waals surface area (Å²) < 4.78 is 0. The van der Waals surface area contributed by atoms with Crippen LogP contribution in [0.15, 0.2) is 29.3 Å². The van der Waals surface area contributed by atoms with Crippen LogP contribution in [0.1, 0.15) is 18.1 Å². The molecule has 1 atom stereocenters. The van der Waals surface area contributed by atoms with E-state index in [0.29, 0.717) is 5.92 Å². The molecule has 1 aliphatic heterocycles. The van der Waals surface area contributed by atoms with Crippen LogP contribution >= 0.6 is 0 Å². The van der Waals surface area contributed by atoms with Crippen molar-refractivity contribution in [3.63, 3.8) is 0 Å². The maximum absolute atomic E-state index is 4.33. The molecule has 1 saturated heterocycles. The van der Waals surface area contributed by atoms with Crippen LogP contribution in [0, 0.1) is 12.8 Å². The Bertz CT molecular complexity index is 520. The zero-order valence-electron chi connectivity index (χ0n) is 15.7. The highest BCUT2D eigenvalue weighted by molar-refractivity contribution is 5.79. The first kappa shape index (κ1) is 18.7. The molecule has 1 aliphatic rings. The van der Waals surface area contributed by atoms with Gasteiger partial charge in [0, 0.05) is 52.9 Å². The van der Waals surface area contributed by atoms with Crippen LogP contribution in [0.2, 0.25) is 0 Å².